The van der Waals surface area contributed by atoms with Gasteiger partial charge in [0.15, 0.2) is 6.39 Å². The van der Waals surface area contributed by atoms with E-state index in [-0.39, 0.29) is 0 Å². The Morgan fingerprint density at radius 1 is 1.27 bits per heavy atom. The molecule has 2 rings (SSSR count). The van der Waals surface area contributed by atoms with Crippen LogP contribution in [0.25, 0.3) is 0 Å². The lowest BCUT2D eigenvalue weighted by atomic mass is 10.3. The zero-order valence-corrected chi connectivity index (χ0v) is 10.9. The number of hydrogen-bond acceptors (Lipinski definition) is 3. The van der Waals surface area contributed by atoms with E-state index in [0.717, 1.165) is 20.4 Å². The highest BCUT2D eigenvalue weighted by atomic mass is 79.9. The van der Waals surface area contributed by atoms with Crippen molar-refractivity contribution in [3.63, 3.8) is 0 Å². The molecule has 78 valence electrons. The van der Waals surface area contributed by atoms with Gasteiger partial charge in [-0.15, -0.1) is 0 Å². The number of nitrogens with zero attached hydrogens (tertiary/aromatic N) is 1. The van der Waals surface area contributed by atoms with Gasteiger partial charge in [0, 0.05) is 8.95 Å². The van der Waals surface area contributed by atoms with Crippen molar-refractivity contribution in [1.82, 2.24) is 4.98 Å². The maximum Gasteiger partial charge on any atom is 0.180 e. The summed E-state index contributed by atoms with van der Waals surface area (Å²) >= 11 is 6.95. The van der Waals surface area contributed by atoms with Crippen molar-refractivity contribution in [2.24, 2.45) is 0 Å². The minimum Gasteiger partial charge on any atom is -0.447 e. The summed E-state index contributed by atoms with van der Waals surface area (Å²) in [4.78, 5) is 3.85. The molecule has 0 saturated carbocycles. The molecule has 0 saturated heterocycles. The Labute approximate surface area is 104 Å². The van der Waals surface area contributed by atoms with Crippen LogP contribution in [0.15, 0.2) is 44.2 Å². The van der Waals surface area contributed by atoms with E-state index in [2.05, 4.69) is 42.2 Å². The second-order valence-electron chi connectivity index (χ2n) is 2.92. The van der Waals surface area contributed by atoms with Crippen LogP contribution in [0.3, 0.4) is 0 Å². The molecule has 0 amide bonds. The molecule has 0 radical (unpaired) electrons. The highest BCUT2D eigenvalue weighted by Crippen LogP contribution is 2.30. The molecule has 0 aliphatic heterocycles. The Bertz CT molecular complexity index is 422. The fourth-order valence-corrected chi connectivity index (χ4v) is 2.45. The van der Waals surface area contributed by atoms with Crippen LogP contribution in [0.2, 0.25) is 0 Å². The summed E-state index contributed by atoms with van der Waals surface area (Å²) in [6, 6.07) is 5.93. The van der Waals surface area contributed by atoms with Gasteiger partial charge in [-0.1, -0.05) is 6.07 Å². The van der Waals surface area contributed by atoms with Gasteiger partial charge in [0.05, 0.1) is 18.4 Å². The standard InChI is InChI=1S/C10H8Br2N2O/c11-8-2-1-3-9(12)10(8)14-5-7-4-13-6-15-7/h1-4,6,14H,5H2. The maximum absolute atomic E-state index is 5.13. The molecule has 0 aliphatic rings. The summed E-state index contributed by atoms with van der Waals surface area (Å²) < 4.78 is 7.15. The van der Waals surface area contributed by atoms with E-state index >= 15 is 0 Å². The molecule has 1 aromatic carbocycles. The van der Waals surface area contributed by atoms with Gasteiger partial charge in [0.2, 0.25) is 0 Å². The molecule has 0 atom stereocenters. The maximum atomic E-state index is 5.13. The second kappa shape index (κ2) is 4.81. The van der Waals surface area contributed by atoms with Crippen LogP contribution in [-0.2, 0) is 6.54 Å². The quantitative estimate of drug-likeness (QED) is 0.929. The van der Waals surface area contributed by atoms with Gasteiger partial charge in [-0.05, 0) is 44.0 Å². The van der Waals surface area contributed by atoms with Crippen LogP contribution in [0.4, 0.5) is 5.69 Å². The molecular formula is C10H8Br2N2O. The minimum absolute atomic E-state index is 0.612. The number of nitrogens with one attached hydrogen (secondary N) is 1. The molecular weight excluding hydrogens is 324 g/mol. The number of oxazole rings is 1. The van der Waals surface area contributed by atoms with E-state index in [4.69, 9.17) is 4.42 Å². The fraction of sp³-hybridized carbons (Fsp3) is 0.100. The summed E-state index contributed by atoms with van der Waals surface area (Å²) in [5, 5.41) is 3.26. The van der Waals surface area contributed by atoms with E-state index < -0.39 is 0 Å². The first-order valence-electron chi connectivity index (χ1n) is 4.32. The molecule has 0 fully saturated rings. The van der Waals surface area contributed by atoms with Crippen LogP contribution >= 0.6 is 31.9 Å². The van der Waals surface area contributed by atoms with Crippen molar-refractivity contribution in [3.05, 3.63) is 45.5 Å². The number of para-hydroxylation sites is 1. The Morgan fingerprint density at radius 2 is 2.00 bits per heavy atom. The third kappa shape index (κ3) is 2.60. The topological polar surface area (TPSA) is 38.1 Å². The Morgan fingerprint density at radius 3 is 2.60 bits per heavy atom. The van der Waals surface area contributed by atoms with Gasteiger partial charge < -0.3 is 9.73 Å². The molecule has 0 aliphatic carbocycles. The molecule has 3 nitrogen and oxygen atoms in total. The molecule has 15 heavy (non-hydrogen) atoms. The van der Waals surface area contributed by atoms with Crippen LogP contribution in [0.5, 0.6) is 0 Å². The summed E-state index contributed by atoms with van der Waals surface area (Å²) in [5.74, 6) is 0.803. The molecule has 1 aromatic heterocycles. The highest BCUT2D eigenvalue weighted by molar-refractivity contribution is 9.11. The zero-order chi connectivity index (χ0) is 10.7. The fourth-order valence-electron chi connectivity index (χ4n) is 1.17. The number of halogens is 2. The SMILES string of the molecule is Brc1cccc(Br)c1NCc1cnco1. The van der Waals surface area contributed by atoms with Gasteiger partial charge in [-0.25, -0.2) is 4.98 Å². The summed E-state index contributed by atoms with van der Waals surface area (Å²) in [7, 11) is 0. The van der Waals surface area contributed by atoms with Crippen LogP contribution in [0, 0.1) is 0 Å². The average Bonchev–Trinajstić information content (AvgIpc) is 2.70. The average molecular weight is 332 g/mol. The lowest BCUT2D eigenvalue weighted by Gasteiger charge is -2.08. The van der Waals surface area contributed by atoms with Crippen molar-refractivity contribution in [3.8, 4) is 0 Å². The summed E-state index contributed by atoms with van der Waals surface area (Å²) in [6.45, 7) is 0.612. The van der Waals surface area contributed by atoms with Gasteiger partial charge in [0.25, 0.3) is 0 Å². The van der Waals surface area contributed by atoms with E-state index in [1.54, 1.807) is 6.20 Å². The number of rotatable bonds is 3. The van der Waals surface area contributed by atoms with E-state index in [1.807, 2.05) is 18.2 Å². The first-order chi connectivity index (χ1) is 7.27. The zero-order valence-electron chi connectivity index (χ0n) is 7.71. The van der Waals surface area contributed by atoms with Gasteiger partial charge in [-0.2, -0.15) is 0 Å². The number of hydrogen-bond donors (Lipinski definition) is 1. The third-order valence-corrected chi connectivity index (χ3v) is 3.21. The van der Waals surface area contributed by atoms with Crippen LogP contribution < -0.4 is 5.32 Å². The molecule has 1 heterocycles. The van der Waals surface area contributed by atoms with Crippen molar-refractivity contribution >= 4 is 37.5 Å². The molecule has 5 heteroatoms. The highest BCUT2D eigenvalue weighted by Gasteiger charge is 2.04. The summed E-state index contributed by atoms with van der Waals surface area (Å²) in [6.07, 6.45) is 3.11. The van der Waals surface area contributed by atoms with E-state index in [1.165, 1.54) is 6.39 Å². The number of anilines is 1. The lowest BCUT2D eigenvalue weighted by molar-refractivity contribution is 0.511. The second-order valence-corrected chi connectivity index (χ2v) is 4.63. The number of aromatic nitrogens is 1. The minimum atomic E-state index is 0.612. The first kappa shape index (κ1) is 10.7. The molecule has 1 N–H and O–H groups in total. The lowest BCUT2D eigenvalue weighted by Crippen LogP contribution is -1.99. The molecule has 0 bridgehead atoms. The third-order valence-electron chi connectivity index (χ3n) is 1.89. The predicted molar refractivity (Wildman–Crippen MR) is 65.7 cm³/mol. The van der Waals surface area contributed by atoms with E-state index in [9.17, 15) is 0 Å². The Balaban J connectivity index is 2.11. The number of benzene rings is 1. The Hall–Kier alpha value is -0.810. The van der Waals surface area contributed by atoms with Crippen LogP contribution in [0.1, 0.15) is 5.76 Å². The molecule has 2 aromatic rings. The van der Waals surface area contributed by atoms with Crippen molar-refractivity contribution in [2.45, 2.75) is 6.54 Å². The monoisotopic (exact) mass is 330 g/mol. The smallest absolute Gasteiger partial charge is 0.180 e. The largest absolute Gasteiger partial charge is 0.447 e. The molecule has 0 unspecified atom stereocenters. The van der Waals surface area contributed by atoms with Crippen LogP contribution in [-0.4, -0.2) is 4.98 Å². The van der Waals surface area contributed by atoms with Crippen molar-refractivity contribution in [1.29, 1.82) is 0 Å². The van der Waals surface area contributed by atoms with Gasteiger partial charge in [0.1, 0.15) is 5.76 Å². The van der Waals surface area contributed by atoms with Crippen molar-refractivity contribution < 1.29 is 4.42 Å². The predicted octanol–water partition coefficient (Wildman–Crippen LogP) is 3.81. The summed E-state index contributed by atoms with van der Waals surface area (Å²) in [5.41, 5.74) is 1.01. The first-order valence-corrected chi connectivity index (χ1v) is 5.91. The van der Waals surface area contributed by atoms with Gasteiger partial charge in [-0.3, -0.25) is 0 Å². The normalized spacial score (nSPS) is 10.3. The van der Waals surface area contributed by atoms with Gasteiger partial charge >= 0.3 is 0 Å². The Kier molecular flexibility index (Phi) is 3.43. The molecule has 0 spiro atoms. The van der Waals surface area contributed by atoms with E-state index in [0.29, 0.717) is 6.54 Å². The van der Waals surface area contributed by atoms with Crippen molar-refractivity contribution in [2.75, 3.05) is 5.32 Å².